The van der Waals surface area contributed by atoms with Crippen molar-refractivity contribution in [1.82, 2.24) is 14.8 Å². The Morgan fingerprint density at radius 1 is 1.42 bits per heavy atom. The van der Waals surface area contributed by atoms with Gasteiger partial charge in [-0.1, -0.05) is 0 Å². The Morgan fingerprint density at radius 3 is 2.77 bits per heavy atom. The van der Waals surface area contributed by atoms with Crippen LogP contribution in [0.4, 0.5) is 10.8 Å². The van der Waals surface area contributed by atoms with Crippen LogP contribution in [0.1, 0.15) is 30.4 Å². The maximum absolute atomic E-state index is 12.0. The smallest absolute Gasteiger partial charge is 0.312 e. The molecule has 2 heterocycles. The zero-order chi connectivity index (χ0) is 19.3. The summed E-state index contributed by atoms with van der Waals surface area (Å²) in [5.74, 6) is -0.668. The van der Waals surface area contributed by atoms with Gasteiger partial charge in [-0.05, 0) is 20.8 Å². The normalized spacial score (nSPS) is 10.6. The first-order valence-electron chi connectivity index (χ1n) is 7.90. The molecule has 10 nitrogen and oxygen atoms in total. The first kappa shape index (κ1) is 19.5. The Bertz CT molecular complexity index is 829. The minimum Gasteiger partial charge on any atom is -0.466 e. The highest BCUT2D eigenvalue weighted by atomic mass is 32.1. The van der Waals surface area contributed by atoms with Crippen LogP contribution in [0.3, 0.4) is 0 Å². The van der Waals surface area contributed by atoms with Gasteiger partial charge in [0.1, 0.15) is 11.4 Å². The lowest BCUT2D eigenvalue weighted by molar-refractivity contribution is -0.386. The fourth-order valence-electron chi connectivity index (χ4n) is 2.36. The largest absolute Gasteiger partial charge is 0.466 e. The molecule has 0 unspecified atom stereocenters. The third-order valence-corrected chi connectivity index (χ3v) is 4.31. The fourth-order valence-corrected chi connectivity index (χ4v) is 3.09. The number of carbonyl (C=O) groups excluding carboxylic acids is 2. The average Bonchev–Trinajstić information content (AvgIpc) is 3.09. The molecule has 2 aromatic rings. The van der Waals surface area contributed by atoms with Crippen LogP contribution in [0.25, 0.3) is 0 Å². The lowest BCUT2D eigenvalue weighted by atomic mass is 10.3. The lowest BCUT2D eigenvalue weighted by Crippen LogP contribution is -2.15. The summed E-state index contributed by atoms with van der Waals surface area (Å²) < 4.78 is 6.29. The topological polar surface area (TPSA) is 129 Å². The molecule has 0 aliphatic heterocycles. The second kappa shape index (κ2) is 8.52. The summed E-state index contributed by atoms with van der Waals surface area (Å²) in [6, 6.07) is 0. The number of hydrogen-bond donors (Lipinski definition) is 1. The van der Waals surface area contributed by atoms with Gasteiger partial charge in [-0.15, -0.1) is 11.3 Å². The van der Waals surface area contributed by atoms with Gasteiger partial charge in [-0.25, -0.2) is 4.98 Å². The van der Waals surface area contributed by atoms with Crippen LogP contribution < -0.4 is 5.32 Å². The number of rotatable bonds is 8. The molecule has 0 saturated carbocycles. The molecule has 11 heteroatoms. The van der Waals surface area contributed by atoms with Crippen molar-refractivity contribution in [2.24, 2.45) is 0 Å². The Labute approximate surface area is 153 Å². The number of esters is 1. The summed E-state index contributed by atoms with van der Waals surface area (Å²) in [6.07, 6.45) is 0.140. The molecule has 26 heavy (non-hydrogen) atoms. The SMILES string of the molecule is CCOC(=O)Cc1csc(NC(=O)CCn2nc(C)c([N+](=O)[O-])c2C)n1. The summed E-state index contributed by atoms with van der Waals surface area (Å²) in [5.41, 5.74) is 1.22. The number of carbonyl (C=O) groups is 2. The van der Waals surface area contributed by atoms with Crippen LogP contribution in [0.2, 0.25) is 0 Å². The Hall–Kier alpha value is -2.82. The van der Waals surface area contributed by atoms with Crippen LogP contribution >= 0.6 is 11.3 Å². The highest BCUT2D eigenvalue weighted by molar-refractivity contribution is 7.13. The summed E-state index contributed by atoms with van der Waals surface area (Å²) in [6.45, 7) is 5.40. The molecule has 2 rings (SSSR count). The van der Waals surface area contributed by atoms with E-state index >= 15 is 0 Å². The number of aromatic nitrogens is 3. The molecule has 0 spiro atoms. The number of ether oxygens (including phenoxy) is 1. The summed E-state index contributed by atoms with van der Waals surface area (Å²) >= 11 is 1.21. The minimum absolute atomic E-state index is 0.0334. The molecule has 0 saturated heterocycles. The monoisotopic (exact) mass is 381 g/mol. The molecule has 0 aromatic carbocycles. The van der Waals surface area contributed by atoms with Crippen LogP contribution in [0.5, 0.6) is 0 Å². The predicted octanol–water partition coefficient (Wildman–Crippen LogP) is 2.00. The zero-order valence-corrected chi connectivity index (χ0v) is 15.5. The number of anilines is 1. The van der Waals surface area contributed by atoms with E-state index in [1.165, 1.54) is 16.0 Å². The third-order valence-electron chi connectivity index (χ3n) is 3.51. The number of thiazole rings is 1. The van der Waals surface area contributed by atoms with Gasteiger partial charge in [0.05, 0.1) is 30.2 Å². The van der Waals surface area contributed by atoms with Gasteiger partial charge < -0.3 is 10.1 Å². The molecular formula is C15H19N5O5S. The predicted molar refractivity (Wildman–Crippen MR) is 94.1 cm³/mol. The van der Waals surface area contributed by atoms with Gasteiger partial charge in [0, 0.05) is 11.8 Å². The molecule has 0 atom stereocenters. The van der Waals surface area contributed by atoms with Crippen molar-refractivity contribution in [3.05, 3.63) is 32.6 Å². The first-order valence-corrected chi connectivity index (χ1v) is 8.78. The molecule has 0 bridgehead atoms. The second-order valence-corrected chi connectivity index (χ2v) is 6.28. The summed E-state index contributed by atoms with van der Waals surface area (Å²) in [4.78, 5) is 38.1. The number of amides is 1. The molecular weight excluding hydrogens is 362 g/mol. The molecule has 2 aromatic heterocycles. The van der Waals surface area contributed by atoms with Gasteiger partial charge in [0.25, 0.3) is 0 Å². The van der Waals surface area contributed by atoms with E-state index in [0.717, 1.165) is 0 Å². The van der Waals surface area contributed by atoms with Gasteiger partial charge in [-0.3, -0.25) is 24.4 Å². The highest BCUT2D eigenvalue weighted by Gasteiger charge is 2.22. The van der Waals surface area contributed by atoms with E-state index < -0.39 is 4.92 Å². The van der Waals surface area contributed by atoms with E-state index in [4.69, 9.17) is 4.74 Å². The maximum Gasteiger partial charge on any atom is 0.312 e. The van der Waals surface area contributed by atoms with Crippen molar-refractivity contribution >= 4 is 34.0 Å². The van der Waals surface area contributed by atoms with Crippen LogP contribution in [0.15, 0.2) is 5.38 Å². The van der Waals surface area contributed by atoms with Gasteiger partial charge in [0.15, 0.2) is 5.13 Å². The summed E-state index contributed by atoms with van der Waals surface area (Å²) in [5, 5.41) is 19.8. The van der Waals surface area contributed by atoms with Crippen molar-refractivity contribution < 1.29 is 19.2 Å². The van der Waals surface area contributed by atoms with E-state index in [-0.39, 0.29) is 37.0 Å². The molecule has 1 amide bonds. The molecule has 0 aliphatic carbocycles. The summed E-state index contributed by atoms with van der Waals surface area (Å²) in [7, 11) is 0. The Morgan fingerprint density at radius 2 is 2.15 bits per heavy atom. The highest BCUT2D eigenvalue weighted by Crippen LogP contribution is 2.22. The number of nitrogens with zero attached hydrogens (tertiary/aromatic N) is 4. The van der Waals surface area contributed by atoms with Crippen molar-refractivity contribution in [2.45, 2.75) is 40.2 Å². The minimum atomic E-state index is -0.477. The van der Waals surface area contributed by atoms with Crippen molar-refractivity contribution in [3.8, 4) is 0 Å². The number of nitrogens with one attached hydrogen (secondary N) is 1. The van der Waals surface area contributed by atoms with E-state index in [0.29, 0.717) is 28.8 Å². The Balaban J connectivity index is 1.90. The average molecular weight is 381 g/mol. The third kappa shape index (κ3) is 4.85. The second-order valence-electron chi connectivity index (χ2n) is 5.42. The van der Waals surface area contributed by atoms with Crippen molar-refractivity contribution in [3.63, 3.8) is 0 Å². The lowest BCUT2D eigenvalue weighted by Gasteiger charge is -2.04. The quantitative estimate of drug-likeness (QED) is 0.420. The van der Waals surface area contributed by atoms with E-state index in [9.17, 15) is 19.7 Å². The van der Waals surface area contributed by atoms with Crippen molar-refractivity contribution in [2.75, 3.05) is 11.9 Å². The van der Waals surface area contributed by atoms with Crippen LogP contribution in [-0.4, -0.2) is 38.2 Å². The molecule has 1 N–H and O–H groups in total. The van der Waals surface area contributed by atoms with Crippen LogP contribution in [0, 0.1) is 24.0 Å². The molecule has 0 aliphatic rings. The van der Waals surface area contributed by atoms with Gasteiger partial charge in [-0.2, -0.15) is 5.10 Å². The van der Waals surface area contributed by atoms with Gasteiger partial charge in [0.2, 0.25) is 5.91 Å². The molecule has 0 radical (unpaired) electrons. The number of hydrogen-bond acceptors (Lipinski definition) is 8. The standard InChI is InChI=1S/C15H19N5O5S/c1-4-25-13(22)7-11-8-26-15(16-11)17-12(21)5-6-19-10(3)14(20(23)24)9(2)18-19/h8H,4-7H2,1-3H3,(H,16,17,21). The zero-order valence-electron chi connectivity index (χ0n) is 14.6. The molecule has 140 valence electrons. The number of aryl methyl sites for hydroxylation is 2. The number of nitro groups is 1. The Kier molecular flexibility index (Phi) is 6.39. The van der Waals surface area contributed by atoms with E-state index in [1.807, 2.05) is 0 Å². The first-order chi connectivity index (χ1) is 12.3. The van der Waals surface area contributed by atoms with E-state index in [2.05, 4.69) is 15.4 Å². The maximum atomic E-state index is 12.0. The van der Waals surface area contributed by atoms with Crippen molar-refractivity contribution in [1.29, 1.82) is 0 Å². The fraction of sp³-hybridized carbons (Fsp3) is 0.467. The molecule has 0 fully saturated rings. The van der Waals surface area contributed by atoms with Gasteiger partial charge >= 0.3 is 11.7 Å². The van der Waals surface area contributed by atoms with Crippen LogP contribution in [-0.2, 0) is 27.3 Å². The van der Waals surface area contributed by atoms with E-state index in [1.54, 1.807) is 26.2 Å².